The molecule has 1 aromatic carbocycles. The highest BCUT2D eigenvalue weighted by Crippen LogP contribution is 2.57. The van der Waals surface area contributed by atoms with Gasteiger partial charge in [0.1, 0.15) is 22.9 Å². The number of aromatic hydroxyl groups is 1. The molecule has 0 saturated heterocycles. The van der Waals surface area contributed by atoms with Crippen molar-refractivity contribution < 1.29 is 44.0 Å². The van der Waals surface area contributed by atoms with Crippen LogP contribution in [0.1, 0.15) is 64.0 Å². The van der Waals surface area contributed by atoms with Crippen molar-refractivity contribution in [1.29, 1.82) is 0 Å². The summed E-state index contributed by atoms with van der Waals surface area (Å²) in [5.74, 6) is -10.5. The number of primary amides is 1. The molecule has 1 fully saturated rings. The number of fused-ring (bicyclic) bond motifs is 3. The number of nitrogens with two attached hydrogens (primary N) is 1. The van der Waals surface area contributed by atoms with Crippen LogP contribution in [0.15, 0.2) is 23.0 Å². The van der Waals surface area contributed by atoms with Gasteiger partial charge in [0.15, 0.2) is 17.1 Å². The zero-order chi connectivity index (χ0) is 30.9. The molecule has 0 aromatic heterocycles. The number of carbonyl (C=O) groups excluding carboxylic acids is 4. The van der Waals surface area contributed by atoms with Crippen LogP contribution in [0.3, 0.4) is 0 Å². The second-order valence-corrected chi connectivity index (χ2v) is 12.6. The Bertz CT molecular complexity index is 1440. The maximum atomic E-state index is 15.6. The minimum atomic E-state index is -2.81. The van der Waals surface area contributed by atoms with E-state index in [1.165, 1.54) is 19.0 Å². The van der Waals surface area contributed by atoms with Gasteiger partial charge in [-0.05, 0) is 44.2 Å². The number of amides is 2. The van der Waals surface area contributed by atoms with E-state index in [9.17, 15) is 39.6 Å². The second kappa shape index (κ2) is 9.95. The number of carbonyl (C=O) groups is 4. The first-order chi connectivity index (χ1) is 18.8. The molecule has 2 amide bonds. The molecule has 4 rings (SSSR count). The number of benzene rings is 1. The molecule has 0 bridgehead atoms. The monoisotopic (exact) mass is 573 g/mol. The maximum absolute atomic E-state index is 15.6. The number of rotatable bonds is 5. The van der Waals surface area contributed by atoms with Crippen LogP contribution in [0.25, 0.3) is 5.76 Å². The lowest BCUT2D eigenvalue weighted by Gasteiger charge is -2.51. The van der Waals surface area contributed by atoms with E-state index in [0.29, 0.717) is 6.42 Å². The molecule has 12 heteroatoms. The van der Waals surface area contributed by atoms with Crippen LogP contribution in [-0.2, 0) is 19.2 Å². The molecular formula is C29H36FN3O8. The lowest BCUT2D eigenvalue weighted by atomic mass is 9.55. The highest BCUT2D eigenvalue weighted by Gasteiger charge is 2.65. The number of hydrogen-bond donors (Lipinski definition) is 6. The highest BCUT2D eigenvalue weighted by molar-refractivity contribution is 6.24. The van der Waals surface area contributed by atoms with E-state index in [4.69, 9.17) is 5.73 Å². The molecule has 3 aliphatic rings. The van der Waals surface area contributed by atoms with Crippen LogP contribution in [0.5, 0.6) is 5.75 Å². The Morgan fingerprint density at radius 3 is 2.34 bits per heavy atom. The quantitative estimate of drug-likeness (QED) is 0.227. The first-order valence-corrected chi connectivity index (χ1v) is 13.3. The smallest absolute Gasteiger partial charge is 0.255 e. The maximum Gasteiger partial charge on any atom is 0.255 e. The number of hydrogen-bond acceptors (Lipinski definition) is 9. The molecule has 1 aromatic rings. The van der Waals surface area contributed by atoms with Crippen LogP contribution >= 0.6 is 0 Å². The van der Waals surface area contributed by atoms with E-state index < -0.39 is 92.6 Å². The molecule has 0 radical (unpaired) electrons. The van der Waals surface area contributed by atoms with Crippen molar-refractivity contribution in [2.75, 3.05) is 19.4 Å². The number of aliphatic hydroxyl groups is 3. The number of ketones is 2. The number of halogens is 1. The minimum Gasteiger partial charge on any atom is -0.508 e. The van der Waals surface area contributed by atoms with E-state index in [0.717, 1.165) is 6.07 Å². The third-order valence-electron chi connectivity index (χ3n) is 8.52. The summed E-state index contributed by atoms with van der Waals surface area (Å²) < 4.78 is 15.6. The lowest BCUT2D eigenvalue weighted by Crippen LogP contribution is -2.66. The van der Waals surface area contributed by atoms with Crippen LogP contribution in [0.2, 0.25) is 0 Å². The summed E-state index contributed by atoms with van der Waals surface area (Å²) in [6, 6.07) is -0.303. The van der Waals surface area contributed by atoms with Gasteiger partial charge in [-0.3, -0.25) is 24.1 Å². The number of Topliss-reactive ketones (excluding diaryl/α,β-unsaturated/α-hetero) is 2. The Morgan fingerprint density at radius 1 is 1.20 bits per heavy atom. The van der Waals surface area contributed by atoms with Crippen molar-refractivity contribution in [2.45, 2.75) is 64.5 Å². The van der Waals surface area contributed by atoms with Gasteiger partial charge in [-0.2, -0.15) is 0 Å². The summed E-state index contributed by atoms with van der Waals surface area (Å²) in [5.41, 5.74) is 0.183. The number of anilines is 1. The third-order valence-corrected chi connectivity index (χ3v) is 8.52. The van der Waals surface area contributed by atoms with Crippen molar-refractivity contribution in [3.8, 4) is 5.75 Å². The fraction of sp³-hybridized carbons (Fsp3) is 0.517. The van der Waals surface area contributed by atoms with Crippen molar-refractivity contribution in [3.05, 3.63) is 39.9 Å². The molecule has 7 N–H and O–H groups in total. The number of nitrogens with zero attached hydrogens (tertiary/aromatic N) is 1. The normalized spacial score (nSPS) is 27.9. The number of likely N-dealkylation sites (N-methyl/N-ethyl adjacent to an activating group) is 1. The van der Waals surface area contributed by atoms with Crippen molar-refractivity contribution in [1.82, 2.24) is 4.90 Å². The molecule has 3 aliphatic carbocycles. The standard InChI is InChI=1S/C29H36FN3O8/c1-11-12-9-13-21(33(5)6)24(37)20(27(31)40)26(39)29(13,41)25(38)18(12)23(36)19-17(11)14(30)10-15(22(19)35)32-16(34)7-8-28(2,3)4/h10-13,21,35-36,39,41H,7-9H2,1-6H3,(H2,31,40)(H,32,34)/t11-,12-,13+,21+,29+/m1/s1. The van der Waals surface area contributed by atoms with Gasteiger partial charge in [0.05, 0.1) is 17.3 Å². The van der Waals surface area contributed by atoms with Gasteiger partial charge in [0.2, 0.25) is 11.7 Å². The first-order valence-electron chi connectivity index (χ1n) is 13.3. The summed E-state index contributed by atoms with van der Waals surface area (Å²) >= 11 is 0. The van der Waals surface area contributed by atoms with Crippen molar-refractivity contribution in [2.24, 2.45) is 23.0 Å². The Balaban J connectivity index is 1.88. The van der Waals surface area contributed by atoms with Crippen molar-refractivity contribution in [3.63, 3.8) is 0 Å². The fourth-order valence-corrected chi connectivity index (χ4v) is 6.42. The zero-order valence-electron chi connectivity index (χ0n) is 23.8. The number of aliphatic hydroxyl groups excluding tert-OH is 2. The molecule has 1 saturated carbocycles. The average Bonchev–Trinajstić information content (AvgIpc) is 2.84. The van der Waals surface area contributed by atoms with E-state index in [1.54, 1.807) is 6.92 Å². The molecule has 41 heavy (non-hydrogen) atoms. The lowest BCUT2D eigenvalue weighted by molar-refractivity contribution is -0.154. The van der Waals surface area contributed by atoms with E-state index in [-0.39, 0.29) is 29.5 Å². The minimum absolute atomic E-state index is 0.0830. The second-order valence-electron chi connectivity index (χ2n) is 12.6. The van der Waals surface area contributed by atoms with Crippen molar-refractivity contribution >= 4 is 34.8 Å². The number of phenolic OH excluding ortho intramolecular Hbond substituents is 1. The molecular weight excluding hydrogens is 537 g/mol. The van der Waals surface area contributed by atoms with Crippen LogP contribution < -0.4 is 11.1 Å². The summed E-state index contributed by atoms with van der Waals surface area (Å²) in [6.07, 6.45) is 0.425. The van der Waals surface area contributed by atoms with Gasteiger partial charge in [0, 0.05) is 29.5 Å². The van der Waals surface area contributed by atoms with Crippen LogP contribution in [0.4, 0.5) is 10.1 Å². The predicted molar refractivity (Wildman–Crippen MR) is 146 cm³/mol. The molecule has 11 nitrogen and oxygen atoms in total. The van der Waals surface area contributed by atoms with Gasteiger partial charge >= 0.3 is 0 Å². The third kappa shape index (κ3) is 4.58. The molecule has 0 unspecified atom stereocenters. The van der Waals surface area contributed by atoms with E-state index in [1.807, 2.05) is 20.8 Å². The first kappa shape index (κ1) is 30.2. The fourth-order valence-electron chi connectivity index (χ4n) is 6.42. The Kier molecular flexibility index (Phi) is 7.33. The summed E-state index contributed by atoms with van der Waals surface area (Å²) in [5, 5.41) is 47.5. The molecule has 0 spiro atoms. The van der Waals surface area contributed by atoms with Gasteiger partial charge < -0.3 is 31.5 Å². The van der Waals surface area contributed by atoms with Gasteiger partial charge in [-0.25, -0.2) is 4.39 Å². The predicted octanol–water partition coefficient (Wildman–Crippen LogP) is 2.43. The van der Waals surface area contributed by atoms with Crippen LogP contribution in [0, 0.1) is 23.1 Å². The molecule has 5 atom stereocenters. The van der Waals surface area contributed by atoms with Crippen LogP contribution in [-0.4, -0.2) is 74.4 Å². The Labute approximate surface area is 236 Å². The SMILES string of the molecule is C[C@H]1c2c(F)cc(NC(=O)CCC(C)(C)C)c(O)c2C(O)=C2C(=O)[C@]3(O)C(O)=C(C(N)=O)C(=O)[C@@H](N(C)C)[C@@H]3C[C@@H]21. The Hall–Kier alpha value is -3.77. The summed E-state index contributed by atoms with van der Waals surface area (Å²) in [4.78, 5) is 53.2. The molecule has 222 valence electrons. The molecule has 0 heterocycles. The van der Waals surface area contributed by atoms with E-state index >= 15 is 4.39 Å². The topological polar surface area (TPSA) is 190 Å². The Morgan fingerprint density at radius 2 is 1.80 bits per heavy atom. The molecule has 0 aliphatic heterocycles. The van der Waals surface area contributed by atoms with Gasteiger partial charge in [0.25, 0.3) is 5.91 Å². The largest absolute Gasteiger partial charge is 0.508 e. The zero-order valence-corrected chi connectivity index (χ0v) is 23.8. The van der Waals surface area contributed by atoms with E-state index in [2.05, 4.69) is 5.32 Å². The highest BCUT2D eigenvalue weighted by atomic mass is 19.1. The van der Waals surface area contributed by atoms with Gasteiger partial charge in [-0.15, -0.1) is 0 Å². The number of nitrogens with one attached hydrogen (secondary N) is 1. The number of phenols is 1. The summed E-state index contributed by atoms with van der Waals surface area (Å²) in [7, 11) is 2.98. The average molecular weight is 574 g/mol. The van der Waals surface area contributed by atoms with Gasteiger partial charge in [-0.1, -0.05) is 27.7 Å². The summed E-state index contributed by atoms with van der Waals surface area (Å²) in [6.45, 7) is 7.40.